The van der Waals surface area contributed by atoms with Gasteiger partial charge in [-0.05, 0) is 106 Å². The molecule has 10 rings (SSSR count). The molecule has 0 aromatic heterocycles. The summed E-state index contributed by atoms with van der Waals surface area (Å²) in [6.07, 6.45) is 1.38. The molecule has 2 aliphatic heterocycles. The lowest BCUT2D eigenvalue weighted by Crippen LogP contribution is -2.11. The molecule has 0 atom stereocenters. The fourth-order valence-corrected chi connectivity index (χ4v) is 10.6. The third kappa shape index (κ3) is 6.67. The Bertz CT molecular complexity index is 2590. The number of hydrogen-bond donors (Lipinski definition) is 0. The first kappa shape index (κ1) is 36.3. The summed E-state index contributed by atoms with van der Waals surface area (Å²) in [5, 5.41) is 4.09. The number of aryl methyl sites for hydroxylation is 4. The molecule has 58 heavy (non-hydrogen) atoms. The number of fused-ring (bicyclic) bond motifs is 6. The summed E-state index contributed by atoms with van der Waals surface area (Å²) < 4.78 is 41.3. The third-order valence-corrected chi connectivity index (χ3v) is 13.0. The number of benzene rings is 8. The summed E-state index contributed by atoms with van der Waals surface area (Å²) in [7, 11) is -3.97. The smallest absolute Gasteiger partial charge is 0.408 e. The van der Waals surface area contributed by atoms with Gasteiger partial charge in [0.05, 0.1) is 0 Å². The second-order valence-corrected chi connectivity index (χ2v) is 16.9. The molecule has 0 aliphatic carbocycles. The topological polar surface area (TPSA) is 55.4 Å². The van der Waals surface area contributed by atoms with Gasteiger partial charge in [-0.15, -0.1) is 0 Å². The predicted octanol–water partition coefficient (Wildman–Crippen LogP) is 14.2. The average Bonchev–Trinajstić information content (AvgIpc) is 3.21. The van der Waals surface area contributed by atoms with E-state index < -0.39 is 17.2 Å². The quantitative estimate of drug-likeness (QED) is 0.162. The molecule has 0 saturated carbocycles. The third-order valence-electron chi connectivity index (χ3n) is 11.0. The van der Waals surface area contributed by atoms with Crippen LogP contribution in [-0.4, -0.2) is 0 Å². The molecule has 0 saturated heterocycles. The lowest BCUT2D eigenvalue weighted by molar-refractivity contribution is 0.377. The van der Waals surface area contributed by atoms with E-state index in [1.165, 1.54) is 0 Å². The summed E-state index contributed by atoms with van der Waals surface area (Å²) in [4.78, 5) is 0. The number of para-hydroxylation sites is 4. The van der Waals surface area contributed by atoms with Gasteiger partial charge in [0.15, 0.2) is 0 Å². The SMILES string of the molecule is Cc1cccc2c1OP(Oc1ccc3ccccc3c1-c1c(OP3Oc4c(C)cccc4Cc4cccc(C)c4O3)ccc3ccccc13)Oc1c(C)cccc1C2. The van der Waals surface area contributed by atoms with Gasteiger partial charge in [0.2, 0.25) is 0 Å². The standard InChI is InChI=1S/C50H40O6P2/c1-31-13-9-19-37-29-38-20-10-14-32(2)48(38)54-57(53-47(31)37)51-43-27-25-35-17-5-7-23-41(35)45(43)46-42-24-8-6-18-36(42)26-28-44(46)52-58-55-49-33(3)15-11-21-39(49)30-40-22-12-16-34(4)50(40)56-58/h5-28H,29-30H2,1-4H3. The molecule has 2 aliphatic rings. The summed E-state index contributed by atoms with van der Waals surface area (Å²) >= 11 is 0. The molecular formula is C50H40O6P2. The van der Waals surface area contributed by atoms with Crippen molar-refractivity contribution < 1.29 is 27.1 Å². The number of rotatable bonds is 5. The zero-order chi connectivity index (χ0) is 39.3. The average molecular weight is 799 g/mol. The Kier molecular flexibility index (Phi) is 9.40. The highest BCUT2D eigenvalue weighted by molar-refractivity contribution is 7.43. The van der Waals surface area contributed by atoms with E-state index in [1.54, 1.807) is 0 Å². The van der Waals surface area contributed by atoms with Crippen molar-refractivity contribution in [1.29, 1.82) is 0 Å². The fraction of sp³-hybridized carbons (Fsp3) is 0.120. The van der Waals surface area contributed by atoms with Gasteiger partial charge >= 0.3 is 17.2 Å². The van der Waals surface area contributed by atoms with Crippen molar-refractivity contribution in [2.75, 3.05) is 0 Å². The Morgan fingerprint density at radius 1 is 0.362 bits per heavy atom. The minimum absolute atomic E-state index is 0.603. The second-order valence-electron chi connectivity index (χ2n) is 14.9. The van der Waals surface area contributed by atoms with Crippen LogP contribution in [0, 0.1) is 27.7 Å². The van der Waals surface area contributed by atoms with Crippen LogP contribution in [0.5, 0.6) is 34.5 Å². The highest BCUT2D eigenvalue weighted by Crippen LogP contribution is 2.55. The summed E-state index contributed by atoms with van der Waals surface area (Å²) in [5.74, 6) is 4.34. The maximum absolute atomic E-state index is 7.07. The Labute approximate surface area is 340 Å². The van der Waals surface area contributed by atoms with E-state index in [0.29, 0.717) is 24.3 Å². The monoisotopic (exact) mass is 798 g/mol. The highest BCUT2D eigenvalue weighted by atomic mass is 31.2. The van der Waals surface area contributed by atoms with E-state index in [-0.39, 0.29) is 0 Å². The first-order chi connectivity index (χ1) is 28.4. The minimum Gasteiger partial charge on any atom is -0.408 e. The molecule has 8 heteroatoms. The van der Waals surface area contributed by atoms with Crippen molar-refractivity contribution in [3.63, 3.8) is 0 Å². The van der Waals surface area contributed by atoms with Crippen LogP contribution in [0.3, 0.4) is 0 Å². The van der Waals surface area contributed by atoms with Crippen LogP contribution in [0.15, 0.2) is 146 Å². The van der Waals surface area contributed by atoms with Crippen molar-refractivity contribution in [3.8, 4) is 45.6 Å². The van der Waals surface area contributed by atoms with E-state index in [4.69, 9.17) is 27.1 Å². The van der Waals surface area contributed by atoms with Gasteiger partial charge in [-0.25, -0.2) is 0 Å². The Morgan fingerprint density at radius 2 is 0.690 bits per heavy atom. The van der Waals surface area contributed by atoms with E-state index in [1.807, 2.05) is 12.1 Å². The van der Waals surface area contributed by atoms with Crippen molar-refractivity contribution in [2.45, 2.75) is 40.5 Å². The van der Waals surface area contributed by atoms with Crippen LogP contribution >= 0.6 is 17.2 Å². The molecular weight excluding hydrogens is 758 g/mol. The maximum atomic E-state index is 7.07. The molecule has 286 valence electrons. The first-order valence-electron chi connectivity index (χ1n) is 19.4. The van der Waals surface area contributed by atoms with Crippen molar-refractivity contribution >= 4 is 38.7 Å². The molecule has 8 aromatic rings. The lowest BCUT2D eigenvalue weighted by Gasteiger charge is -2.28. The second kappa shape index (κ2) is 15.0. The lowest BCUT2D eigenvalue weighted by atomic mass is 9.92. The molecule has 0 amide bonds. The summed E-state index contributed by atoms with van der Waals surface area (Å²) in [6, 6.07) is 49.9. The molecule has 0 radical (unpaired) electrons. The van der Waals surface area contributed by atoms with E-state index in [2.05, 4.69) is 161 Å². The largest absolute Gasteiger partial charge is 0.530 e. The zero-order valence-electron chi connectivity index (χ0n) is 32.6. The summed E-state index contributed by atoms with van der Waals surface area (Å²) in [6.45, 7) is 8.25. The minimum atomic E-state index is -1.99. The van der Waals surface area contributed by atoms with Crippen LogP contribution in [-0.2, 0) is 12.8 Å². The van der Waals surface area contributed by atoms with Crippen LogP contribution in [0.4, 0.5) is 0 Å². The van der Waals surface area contributed by atoms with Crippen LogP contribution in [0.25, 0.3) is 32.7 Å². The molecule has 8 aromatic carbocycles. The van der Waals surface area contributed by atoms with Crippen molar-refractivity contribution in [2.24, 2.45) is 0 Å². The van der Waals surface area contributed by atoms with Crippen LogP contribution < -0.4 is 27.1 Å². The maximum Gasteiger partial charge on any atom is 0.530 e. The fourth-order valence-electron chi connectivity index (χ4n) is 8.08. The van der Waals surface area contributed by atoms with Gasteiger partial charge < -0.3 is 27.1 Å². The van der Waals surface area contributed by atoms with Gasteiger partial charge in [-0.1, -0.05) is 133 Å². The Morgan fingerprint density at radius 3 is 1.03 bits per heavy atom. The van der Waals surface area contributed by atoms with Crippen molar-refractivity contribution in [1.82, 2.24) is 0 Å². The van der Waals surface area contributed by atoms with E-state index in [0.717, 1.165) is 100 Å². The Hall–Kier alpha value is -6.06. The van der Waals surface area contributed by atoms with E-state index >= 15 is 0 Å². The molecule has 2 heterocycles. The van der Waals surface area contributed by atoms with Gasteiger partial charge in [-0.3, -0.25) is 0 Å². The first-order valence-corrected chi connectivity index (χ1v) is 21.6. The van der Waals surface area contributed by atoms with Crippen LogP contribution in [0.1, 0.15) is 44.5 Å². The van der Waals surface area contributed by atoms with Crippen molar-refractivity contribution in [3.05, 3.63) is 190 Å². The Balaban J connectivity index is 1.14. The molecule has 0 spiro atoms. The normalized spacial score (nSPS) is 13.8. The highest BCUT2D eigenvalue weighted by Gasteiger charge is 2.32. The molecule has 0 N–H and O–H groups in total. The van der Waals surface area contributed by atoms with Gasteiger partial charge in [0.25, 0.3) is 0 Å². The number of hydrogen-bond acceptors (Lipinski definition) is 6. The van der Waals surface area contributed by atoms with Gasteiger partial charge in [0, 0.05) is 24.0 Å². The zero-order valence-corrected chi connectivity index (χ0v) is 34.4. The molecule has 0 fully saturated rings. The molecule has 0 bridgehead atoms. The molecule has 0 unspecified atom stereocenters. The van der Waals surface area contributed by atoms with Gasteiger partial charge in [0.1, 0.15) is 34.5 Å². The van der Waals surface area contributed by atoms with Crippen LogP contribution in [0.2, 0.25) is 0 Å². The molecule has 6 nitrogen and oxygen atoms in total. The van der Waals surface area contributed by atoms with Gasteiger partial charge in [-0.2, -0.15) is 0 Å². The van der Waals surface area contributed by atoms with E-state index in [9.17, 15) is 0 Å². The summed E-state index contributed by atoms with van der Waals surface area (Å²) in [5.41, 5.74) is 10.1. The predicted molar refractivity (Wildman–Crippen MR) is 235 cm³/mol.